The Balaban J connectivity index is 1.96. The first-order valence-electron chi connectivity index (χ1n) is 6.84. The maximum atomic E-state index is 11.9. The topological polar surface area (TPSA) is 85.6 Å². The van der Waals surface area contributed by atoms with Crippen LogP contribution in [-0.4, -0.2) is 20.3 Å². The van der Waals surface area contributed by atoms with Gasteiger partial charge in [-0.15, -0.1) is 0 Å². The standard InChI is InChI=1S/C16H18ClN3O3/c1-22-14-6-3-10(7-15(14)23-2)9-19-16(21)20-13-5-4-11(18)8-12(13)17/h3-8H,9,18H2,1-2H3,(H2,19,20,21). The molecule has 23 heavy (non-hydrogen) atoms. The van der Waals surface area contributed by atoms with E-state index in [0.29, 0.717) is 34.4 Å². The molecule has 122 valence electrons. The third-order valence-electron chi connectivity index (χ3n) is 3.14. The number of carbonyl (C=O) groups excluding carboxylic acids is 1. The van der Waals surface area contributed by atoms with Gasteiger partial charge in [0.15, 0.2) is 11.5 Å². The van der Waals surface area contributed by atoms with Crippen LogP contribution in [0, 0.1) is 0 Å². The van der Waals surface area contributed by atoms with Crippen LogP contribution in [-0.2, 0) is 6.54 Å². The molecule has 0 aromatic heterocycles. The van der Waals surface area contributed by atoms with Gasteiger partial charge in [-0.3, -0.25) is 0 Å². The number of carbonyl (C=O) groups is 1. The van der Waals surface area contributed by atoms with Crippen molar-refractivity contribution in [3.63, 3.8) is 0 Å². The molecule has 4 N–H and O–H groups in total. The first kappa shape index (κ1) is 16.8. The monoisotopic (exact) mass is 335 g/mol. The maximum Gasteiger partial charge on any atom is 0.319 e. The van der Waals surface area contributed by atoms with Crippen molar-refractivity contribution >= 4 is 29.0 Å². The van der Waals surface area contributed by atoms with E-state index in [0.717, 1.165) is 5.56 Å². The van der Waals surface area contributed by atoms with Crippen molar-refractivity contribution in [3.05, 3.63) is 47.0 Å². The molecule has 0 aliphatic heterocycles. The maximum absolute atomic E-state index is 11.9. The number of nitrogens with two attached hydrogens (primary N) is 1. The van der Waals surface area contributed by atoms with Gasteiger partial charge in [-0.1, -0.05) is 17.7 Å². The molecule has 0 bridgehead atoms. The zero-order valence-corrected chi connectivity index (χ0v) is 13.6. The van der Waals surface area contributed by atoms with Crippen LogP contribution in [0.1, 0.15) is 5.56 Å². The van der Waals surface area contributed by atoms with E-state index >= 15 is 0 Å². The molecule has 0 atom stereocenters. The fourth-order valence-corrected chi connectivity index (χ4v) is 2.21. The lowest BCUT2D eigenvalue weighted by molar-refractivity contribution is 0.251. The van der Waals surface area contributed by atoms with Crippen LogP contribution < -0.4 is 25.8 Å². The Kier molecular flexibility index (Phi) is 5.54. The predicted octanol–water partition coefficient (Wildman–Crippen LogP) is 3.26. The lowest BCUT2D eigenvalue weighted by Crippen LogP contribution is -2.28. The number of hydrogen-bond acceptors (Lipinski definition) is 4. The molecule has 0 fully saturated rings. The SMILES string of the molecule is COc1ccc(CNC(=O)Nc2ccc(N)cc2Cl)cc1OC. The molecule has 6 nitrogen and oxygen atoms in total. The number of urea groups is 1. The predicted molar refractivity (Wildman–Crippen MR) is 91.3 cm³/mol. The summed E-state index contributed by atoms with van der Waals surface area (Å²) in [6, 6.07) is 9.94. The summed E-state index contributed by atoms with van der Waals surface area (Å²) in [5.41, 5.74) is 7.51. The van der Waals surface area contributed by atoms with Crippen LogP contribution in [0.2, 0.25) is 5.02 Å². The fourth-order valence-electron chi connectivity index (χ4n) is 1.97. The first-order chi connectivity index (χ1) is 11.0. The van der Waals surface area contributed by atoms with E-state index in [9.17, 15) is 4.79 Å². The molecule has 0 radical (unpaired) electrons. The van der Waals surface area contributed by atoms with Gasteiger partial charge in [0.1, 0.15) is 0 Å². The van der Waals surface area contributed by atoms with Crippen molar-refractivity contribution in [2.24, 2.45) is 0 Å². The summed E-state index contributed by atoms with van der Waals surface area (Å²) in [6.07, 6.45) is 0. The summed E-state index contributed by atoms with van der Waals surface area (Å²) >= 11 is 6.01. The second kappa shape index (κ2) is 7.60. The zero-order chi connectivity index (χ0) is 16.8. The summed E-state index contributed by atoms with van der Waals surface area (Å²) in [6.45, 7) is 0.332. The van der Waals surface area contributed by atoms with Gasteiger partial charge in [0.25, 0.3) is 0 Å². The van der Waals surface area contributed by atoms with Crippen molar-refractivity contribution in [1.29, 1.82) is 0 Å². The van der Waals surface area contributed by atoms with Crippen molar-refractivity contribution in [2.45, 2.75) is 6.54 Å². The molecule has 0 saturated carbocycles. The van der Waals surface area contributed by atoms with E-state index in [4.69, 9.17) is 26.8 Å². The second-order valence-electron chi connectivity index (χ2n) is 4.74. The van der Waals surface area contributed by atoms with E-state index in [1.54, 1.807) is 44.6 Å². The lowest BCUT2D eigenvalue weighted by Gasteiger charge is -2.11. The largest absolute Gasteiger partial charge is 0.493 e. The highest BCUT2D eigenvalue weighted by atomic mass is 35.5. The number of nitrogen functional groups attached to an aromatic ring is 1. The quantitative estimate of drug-likeness (QED) is 0.732. The summed E-state index contributed by atoms with van der Waals surface area (Å²) < 4.78 is 10.4. The Morgan fingerprint density at radius 3 is 2.52 bits per heavy atom. The number of halogens is 1. The average Bonchev–Trinajstić information content (AvgIpc) is 2.55. The Bertz CT molecular complexity index is 707. The molecule has 0 spiro atoms. The van der Waals surface area contributed by atoms with Gasteiger partial charge in [-0.25, -0.2) is 4.79 Å². The Labute approximate surface area is 139 Å². The third-order valence-corrected chi connectivity index (χ3v) is 3.46. The molecule has 0 aliphatic carbocycles. The first-order valence-corrected chi connectivity index (χ1v) is 7.22. The molecule has 2 aromatic carbocycles. The minimum Gasteiger partial charge on any atom is -0.493 e. The van der Waals surface area contributed by atoms with Gasteiger partial charge in [-0.2, -0.15) is 0 Å². The van der Waals surface area contributed by atoms with Crippen molar-refractivity contribution in [1.82, 2.24) is 5.32 Å². The zero-order valence-electron chi connectivity index (χ0n) is 12.9. The van der Waals surface area contributed by atoms with Crippen molar-refractivity contribution < 1.29 is 14.3 Å². The van der Waals surface area contributed by atoms with Crippen LogP contribution in [0.3, 0.4) is 0 Å². The number of anilines is 2. The molecule has 2 amide bonds. The minimum atomic E-state index is -0.369. The van der Waals surface area contributed by atoms with Crippen LogP contribution in [0.4, 0.5) is 16.2 Å². The van der Waals surface area contributed by atoms with E-state index in [1.165, 1.54) is 0 Å². The number of amides is 2. The highest BCUT2D eigenvalue weighted by Gasteiger charge is 2.08. The van der Waals surface area contributed by atoms with Gasteiger partial charge in [0.2, 0.25) is 0 Å². The fraction of sp³-hybridized carbons (Fsp3) is 0.188. The van der Waals surface area contributed by atoms with E-state index in [1.807, 2.05) is 6.07 Å². The highest BCUT2D eigenvalue weighted by molar-refractivity contribution is 6.34. The highest BCUT2D eigenvalue weighted by Crippen LogP contribution is 2.27. The second-order valence-corrected chi connectivity index (χ2v) is 5.14. The van der Waals surface area contributed by atoms with Crippen LogP contribution in [0.25, 0.3) is 0 Å². The molecule has 0 aliphatic rings. The molecule has 2 aromatic rings. The van der Waals surface area contributed by atoms with Gasteiger partial charge in [0, 0.05) is 12.2 Å². The molecule has 7 heteroatoms. The Morgan fingerprint density at radius 2 is 1.87 bits per heavy atom. The number of methoxy groups -OCH3 is 2. The Morgan fingerprint density at radius 1 is 1.13 bits per heavy atom. The number of hydrogen-bond donors (Lipinski definition) is 3. The average molecular weight is 336 g/mol. The van der Waals surface area contributed by atoms with E-state index in [-0.39, 0.29) is 6.03 Å². The van der Waals surface area contributed by atoms with Crippen molar-refractivity contribution in [2.75, 3.05) is 25.3 Å². The Hall–Kier alpha value is -2.60. The van der Waals surface area contributed by atoms with Gasteiger partial charge in [0.05, 0.1) is 24.9 Å². The molecule has 0 saturated heterocycles. The van der Waals surface area contributed by atoms with Crippen LogP contribution in [0.15, 0.2) is 36.4 Å². The summed E-state index contributed by atoms with van der Waals surface area (Å²) in [7, 11) is 3.13. The molecular weight excluding hydrogens is 318 g/mol. The smallest absolute Gasteiger partial charge is 0.319 e. The minimum absolute atomic E-state index is 0.332. The lowest BCUT2D eigenvalue weighted by atomic mass is 10.2. The van der Waals surface area contributed by atoms with E-state index < -0.39 is 0 Å². The van der Waals surface area contributed by atoms with Crippen molar-refractivity contribution in [3.8, 4) is 11.5 Å². The van der Waals surface area contributed by atoms with Crippen LogP contribution >= 0.6 is 11.6 Å². The molecule has 0 heterocycles. The van der Waals surface area contributed by atoms with E-state index in [2.05, 4.69) is 10.6 Å². The summed E-state index contributed by atoms with van der Waals surface area (Å²) in [5.74, 6) is 1.24. The third kappa shape index (κ3) is 4.43. The molecule has 2 rings (SSSR count). The number of nitrogens with one attached hydrogen (secondary N) is 2. The summed E-state index contributed by atoms with van der Waals surface area (Å²) in [4.78, 5) is 11.9. The number of ether oxygens (including phenoxy) is 2. The van der Waals surface area contributed by atoms with Gasteiger partial charge in [-0.05, 0) is 35.9 Å². The van der Waals surface area contributed by atoms with Gasteiger partial charge < -0.3 is 25.8 Å². The number of rotatable bonds is 5. The molecule has 0 unspecified atom stereocenters. The molecular formula is C16H18ClN3O3. The van der Waals surface area contributed by atoms with Crippen LogP contribution in [0.5, 0.6) is 11.5 Å². The normalized spacial score (nSPS) is 10.0. The van der Waals surface area contributed by atoms with Gasteiger partial charge >= 0.3 is 6.03 Å². The number of benzene rings is 2. The summed E-state index contributed by atoms with van der Waals surface area (Å²) in [5, 5.41) is 5.79.